The van der Waals surface area contributed by atoms with Gasteiger partial charge in [-0.2, -0.15) is 13.2 Å². The first-order valence-corrected chi connectivity index (χ1v) is 4.07. The predicted molar refractivity (Wildman–Crippen MR) is 40.7 cm³/mol. The van der Waals surface area contributed by atoms with Crippen molar-refractivity contribution >= 4 is 17.3 Å². The van der Waals surface area contributed by atoms with E-state index in [-0.39, 0.29) is 4.88 Å². The van der Waals surface area contributed by atoms with E-state index in [9.17, 15) is 18.0 Å². The largest absolute Gasteiger partial charge is 0.465 e. The maximum absolute atomic E-state index is 12.0. The van der Waals surface area contributed by atoms with Crippen LogP contribution in [0.25, 0.3) is 0 Å². The van der Waals surface area contributed by atoms with E-state index in [1.807, 2.05) is 0 Å². The van der Waals surface area contributed by atoms with Crippen molar-refractivity contribution in [3.05, 3.63) is 21.9 Å². The number of thiophene rings is 1. The molecule has 1 rings (SSSR count). The van der Waals surface area contributed by atoms with Crippen LogP contribution in [0.5, 0.6) is 0 Å². The van der Waals surface area contributed by atoms with Gasteiger partial charge in [0.1, 0.15) is 4.88 Å². The minimum Gasteiger partial charge on any atom is -0.465 e. The molecule has 2 nitrogen and oxygen atoms in total. The minimum atomic E-state index is -4.40. The van der Waals surface area contributed by atoms with Gasteiger partial charge < -0.3 is 4.74 Å². The molecule has 1 aromatic heterocycles. The van der Waals surface area contributed by atoms with E-state index in [1.54, 1.807) is 0 Å². The number of hydrogen-bond donors (Lipinski definition) is 0. The highest BCUT2D eigenvalue weighted by Crippen LogP contribution is 2.32. The summed E-state index contributed by atoms with van der Waals surface area (Å²) in [5.41, 5.74) is -0.821. The molecule has 0 unspecified atom stereocenters. The van der Waals surface area contributed by atoms with Crippen molar-refractivity contribution in [1.82, 2.24) is 0 Å². The summed E-state index contributed by atoms with van der Waals surface area (Å²) >= 11 is 0.715. The second-order valence-corrected chi connectivity index (χ2v) is 3.10. The van der Waals surface area contributed by atoms with Crippen LogP contribution in [0.4, 0.5) is 13.2 Å². The van der Waals surface area contributed by atoms with Gasteiger partial charge in [-0.25, -0.2) is 4.79 Å². The molecule has 0 aliphatic rings. The van der Waals surface area contributed by atoms with E-state index in [2.05, 4.69) is 4.74 Å². The summed E-state index contributed by atoms with van der Waals surface area (Å²) in [6, 6.07) is 0.774. The van der Waals surface area contributed by atoms with E-state index in [0.29, 0.717) is 11.3 Å². The number of alkyl halides is 3. The molecular formula is C7H5F3O2S. The predicted octanol–water partition coefficient (Wildman–Crippen LogP) is 2.55. The average Bonchev–Trinajstić information content (AvgIpc) is 2.50. The topological polar surface area (TPSA) is 26.3 Å². The van der Waals surface area contributed by atoms with Crippen LogP contribution in [0.15, 0.2) is 11.4 Å². The quantitative estimate of drug-likeness (QED) is 0.666. The van der Waals surface area contributed by atoms with Crippen molar-refractivity contribution in [1.29, 1.82) is 0 Å². The maximum Gasteiger partial charge on any atom is 0.417 e. The fourth-order valence-corrected chi connectivity index (χ4v) is 1.52. The first-order valence-electron chi connectivity index (χ1n) is 3.19. The van der Waals surface area contributed by atoms with E-state index in [1.165, 1.54) is 0 Å². The number of esters is 1. The number of halogens is 3. The van der Waals surface area contributed by atoms with Gasteiger partial charge in [0.25, 0.3) is 0 Å². The molecule has 1 heterocycles. The van der Waals surface area contributed by atoms with Crippen molar-refractivity contribution in [3.63, 3.8) is 0 Å². The molecule has 0 fully saturated rings. The Morgan fingerprint density at radius 3 is 2.54 bits per heavy atom. The second kappa shape index (κ2) is 3.37. The standard InChI is InChI=1S/C7H5F3O2S/c1-12-6(11)5-2-4(3-13-5)7(8,9)10/h2-3H,1H3. The number of carbonyl (C=O) groups excluding carboxylic acids is 1. The first kappa shape index (κ1) is 10.0. The van der Waals surface area contributed by atoms with Crippen LogP contribution in [0, 0.1) is 0 Å². The summed E-state index contributed by atoms with van der Waals surface area (Å²) < 4.78 is 40.3. The van der Waals surface area contributed by atoms with Crippen molar-refractivity contribution in [2.75, 3.05) is 7.11 Å². The number of methoxy groups -OCH3 is 1. The Morgan fingerprint density at radius 1 is 1.54 bits per heavy atom. The lowest BCUT2D eigenvalue weighted by Gasteiger charge is -2.00. The van der Waals surface area contributed by atoms with E-state index in [0.717, 1.165) is 18.6 Å². The third-order valence-electron chi connectivity index (χ3n) is 1.31. The molecule has 0 amide bonds. The van der Waals surface area contributed by atoms with Crippen LogP contribution < -0.4 is 0 Å². The number of hydrogen-bond acceptors (Lipinski definition) is 3. The molecule has 0 atom stereocenters. The third kappa shape index (κ3) is 2.21. The minimum absolute atomic E-state index is 0.0465. The normalized spacial score (nSPS) is 11.4. The zero-order valence-electron chi connectivity index (χ0n) is 6.51. The van der Waals surface area contributed by atoms with E-state index in [4.69, 9.17) is 0 Å². The van der Waals surface area contributed by atoms with Gasteiger partial charge in [0, 0.05) is 5.38 Å². The smallest absolute Gasteiger partial charge is 0.417 e. The fraction of sp³-hybridized carbons (Fsp3) is 0.286. The van der Waals surface area contributed by atoms with Gasteiger partial charge in [-0.05, 0) is 6.07 Å². The summed E-state index contributed by atoms with van der Waals surface area (Å²) in [6.45, 7) is 0. The van der Waals surface area contributed by atoms with Crippen molar-refractivity contribution < 1.29 is 22.7 Å². The molecule has 72 valence electrons. The van der Waals surface area contributed by atoms with Gasteiger partial charge in [0.15, 0.2) is 0 Å². The van der Waals surface area contributed by atoms with Gasteiger partial charge in [0.2, 0.25) is 0 Å². The Hall–Kier alpha value is -1.04. The Balaban J connectivity index is 2.93. The van der Waals surface area contributed by atoms with Crippen LogP contribution in [-0.4, -0.2) is 13.1 Å². The molecule has 0 aromatic carbocycles. The summed E-state index contributed by atoms with van der Waals surface area (Å²) in [5.74, 6) is -0.750. The van der Waals surface area contributed by atoms with Gasteiger partial charge in [0.05, 0.1) is 12.7 Å². The number of rotatable bonds is 1. The van der Waals surface area contributed by atoms with Crippen molar-refractivity contribution in [2.24, 2.45) is 0 Å². The van der Waals surface area contributed by atoms with E-state index < -0.39 is 17.7 Å². The molecule has 0 saturated carbocycles. The second-order valence-electron chi connectivity index (χ2n) is 2.19. The molecule has 13 heavy (non-hydrogen) atoms. The van der Waals surface area contributed by atoms with Crippen molar-refractivity contribution in [3.8, 4) is 0 Å². The first-order chi connectivity index (χ1) is 5.95. The Labute approximate surface area is 75.9 Å². The van der Waals surface area contributed by atoms with Crippen LogP contribution in [-0.2, 0) is 10.9 Å². The van der Waals surface area contributed by atoms with Gasteiger partial charge in [-0.1, -0.05) is 0 Å². The summed E-state index contributed by atoms with van der Waals surface area (Å²) in [4.78, 5) is 10.7. The fourth-order valence-electron chi connectivity index (χ4n) is 0.693. The van der Waals surface area contributed by atoms with Crippen LogP contribution in [0.2, 0.25) is 0 Å². The molecule has 6 heteroatoms. The Bertz CT molecular complexity index is 316. The van der Waals surface area contributed by atoms with Crippen LogP contribution in [0.3, 0.4) is 0 Å². The lowest BCUT2D eigenvalue weighted by molar-refractivity contribution is -0.137. The van der Waals surface area contributed by atoms with Crippen molar-refractivity contribution in [2.45, 2.75) is 6.18 Å². The molecule has 0 spiro atoms. The zero-order chi connectivity index (χ0) is 10.1. The third-order valence-corrected chi connectivity index (χ3v) is 2.22. The molecular weight excluding hydrogens is 205 g/mol. The average molecular weight is 210 g/mol. The molecule has 0 saturated heterocycles. The lowest BCUT2D eigenvalue weighted by Crippen LogP contribution is -2.03. The highest BCUT2D eigenvalue weighted by molar-refractivity contribution is 7.12. The maximum atomic E-state index is 12.0. The van der Waals surface area contributed by atoms with Gasteiger partial charge in [-0.3, -0.25) is 0 Å². The highest BCUT2D eigenvalue weighted by atomic mass is 32.1. The SMILES string of the molecule is COC(=O)c1cc(C(F)(F)F)cs1. The molecule has 0 radical (unpaired) electrons. The van der Waals surface area contributed by atoms with E-state index >= 15 is 0 Å². The monoisotopic (exact) mass is 210 g/mol. The van der Waals surface area contributed by atoms with Gasteiger partial charge in [-0.15, -0.1) is 11.3 Å². The van der Waals surface area contributed by atoms with Crippen LogP contribution >= 0.6 is 11.3 Å². The number of ether oxygens (including phenoxy) is 1. The lowest BCUT2D eigenvalue weighted by atomic mass is 10.3. The van der Waals surface area contributed by atoms with Gasteiger partial charge >= 0.3 is 12.1 Å². The Kier molecular flexibility index (Phi) is 2.60. The molecule has 0 aliphatic carbocycles. The Morgan fingerprint density at radius 2 is 2.15 bits per heavy atom. The zero-order valence-corrected chi connectivity index (χ0v) is 7.33. The van der Waals surface area contributed by atoms with Crippen LogP contribution in [0.1, 0.15) is 15.2 Å². The highest BCUT2D eigenvalue weighted by Gasteiger charge is 2.32. The summed E-state index contributed by atoms with van der Waals surface area (Å²) in [6.07, 6.45) is -4.40. The molecule has 0 N–H and O–H groups in total. The molecule has 0 bridgehead atoms. The molecule has 0 aliphatic heterocycles. The number of carbonyl (C=O) groups is 1. The summed E-state index contributed by atoms with van der Waals surface area (Å²) in [5, 5.41) is 0.881. The summed E-state index contributed by atoms with van der Waals surface area (Å²) in [7, 11) is 1.12. The molecule has 1 aromatic rings.